The Morgan fingerprint density at radius 2 is 2.00 bits per heavy atom. The van der Waals surface area contributed by atoms with Crippen LogP contribution in [-0.4, -0.2) is 29.4 Å². The number of carbonyl (C=O) groups excluding carboxylic acids is 1. The molecular formula is C9H15NO3. The first-order valence-corrected chi connectivity index (χ1v) is 4.68. The first kappa shape index (κ1) is 10.2. The van der Waals surface area contributed by atoms with Gasteiger partial charge in [-0.25, -0.2) is 0 Å². The van der Waals surface area contributed by atoms with Gasteiger partial charge in [-0.15, -0.1) is 0 Å². The van der Waals surface area contributed by atoms with E-state index in [0.717, 1.165) is 25.7 Å². The Hall–Kier alpha value is -0.900. The standard InChI is InChI=1S/C9H15NO3/c11-6-8(9(12)13)10-7-4-2-1-3-5-7/h6-8,10H,1-5H2,(H,12,13)/t8-/m0/s1. The molecule has 1 fully saturated rings. The highest BCUT2D eigenvalue weighted by Gasteiger charge is 2.21. The zero-order valence-electron chi connectivity index (χ0n) is 7.53. The van der Waals surface area contributed by atoms with Crippen LogP contribution in [0, 0.1) is 0 Å². The third-order valence-corrected chi connectivity index (χ3v) is 2.42. The fourth-order valence-electron chi connectivity index (χ4n) is 1.69. The summed E-state index contributed by atoms with van der Waals surface area (Å²) in [7, 11) is 0. The molecule has 1 saturated carbocycles. The summed E-state index contributed by atoms with van der Waals surface area (Å²) in [5.74, 6) is -1.08. The zero-order valence-corrected chi connectivity index (χ0v) is 7.53. The Morgan fingerprint density at radius 3 is 2.46 bits per heavy atom. The summed E-state index contributed by atoms with van der Waals surface area (Å²) in [6.07, 6.45) is 5.90. The fourth-order valence-corrected chi connectivity index (χ4v) is 1.69. The molecule has 0 saturated heterocycles. The van der Waals surface area contributed by atoms with Crippen LogP contribution >= 0.6 is 0 Å². The SMILES string of the molecule is O=C[C@H](NC1CCCCC1)C(=O)O. The lowest BCUT2D eigenvalue weighted by Crippen LogP contribution is -2.45. The van der Waals surface area contributed by atoms with Crippen molar-refractivity contribution in [1.82, 2.24) is 5.32 Å². The normalized spacial score (nSPS) is 20.9. The molecule has 0 heterocycles. The maximum absolute atomic E-state index is 10.5. The van der Waals surface area contributed by atoms with Crippen LogP contribution in [0.3, 0.4) is 0 Å². The van der Waals surface area contributed by atoms with Crippen molar-refractivity contribution in [2.24, 2.45) is 0 Å². The van der Waals surface area contributed by atoms with Gasteiger partial charge >= 0.3 is 5.97 Å². The number of nitrogens with one attached hydrogen (secondary N) is 1. The van der Waals surface area contributed by atoms with Gasteiger partial charge in [-0.05, 0) is 12.8 Å². The Kier molecular flexibility index (Phi) is 3.89. The lowest BCUT2D eigenvalue weighted by atomic mass is 9.95. The van der Waals surface area contributed by atoms with Crippen LogP contribution in [0.4, 0.5) is 0 Å². The highest BCUT2D eigenvalue weighted by Crippen LogP contribution is 2.17. The predicted molar refractivity (Wildman–Crippen MR) is 47.5 cm³/mol. The van der Waals surface area contributed by atoms with E-state index < -0.39 is 12.0 Å². The van der Waals surface area contributed by atoms with Gasteiger partial charge in [0.15, 0.2) is 6.04 Å². The zero-order chi connectivity index (χ0) is 9.68. The molecule has 13 heavy (non-hydrogen) atoms. The summed E-state index contributed by atoms with van der Waals surface area (Å²) in [5, 5.41) is 11.4. The number of aliphatic carboxylic acids is 1. The molecule has 1 aliphatic carbocycles. The predicted octanol–water partition coefficient (Wildman–Crippen LogP) is 0.561. The third kappa shape index (κ3) is 3.14. The van der Waals surface area contributed by atoms with Gasteiger partial charge < -0.3 is 9.90 Å². The van der Waals surface area contributed by atoms with E-state index >= 15 is 0 Å². The van der Waals surface area contributed by atoms with Crippen LogP contribution in [0.2, 0.25) is 0 Å². The highest BCUT2D eigenvalue weighted by atomic mass is 16.4. The van der Waals surface area contributed by atoms with Gasteiger partial charge in [-0.2, -0.15) is 0 Å². The van der Waals surface area contributed by atoms with Crippen molar-refractivity contribution in [1.29, 1.82) is 0 Å². The molecule has 0 bridgehead atoms. The number of aldehydes is 1. The van der Waals surface area contributed by atoms with E-state index in [9.17, 15) is 9.59 Å². The summed E-state index contributed by atoms with van der Waals surface area (Å²) in [6.45, 7) is 0. The summed E-state index contributed by atoms with van der Waals surface area (Å²) >= 11 is 0. The number of carboxylic acid groups (broad SMARTS) is 1. The number of hydrogen-bond acceptors (Lipinski definition) is 3. The topological polar surface area (TPSA) is 66.4 Å². The number of rotatable bonds is 4. The van der Waals surface area contributed by atoms with Gasteiger partial charge in [-0.1, -0.05) is 19.3 Å². The molecule has 1 atom stereocenters. The van der Waals surface area contributed by atoms with Crippen LogP contribution < -0.4 is 5.32 Å². The molecule has 0 aromatic rings. The van der Waals surface area contributed by atoms with E-state index in [1.807, 2.05) is 0 Å². The van der Waals surface area contributed by atoms with E-state index in [4.69, 9.17) is 5.11 Å². The van der Waals surface area contributed by atoms with Crippen molar-refractivity contribution < 1.29 is 14.7 Å². The number of hydrogen-bond donors (Lipinski definition) is 2. The second-order valence-corrected chi connectivity index (χ2v) is 3.45. The largest absolute Gasteiger partial charge is 0.480 e. The van der Waals surface area contributed by atoms with E-state index in [-0.39, 0.29) is 6.04 Å². The summed E-state index contributed by atoms with van der Waals surface area (Å²) in [6, 6.07) is -0.817. The van der Waals surface area contributed by atoms with E-state index in [0.29, 0.717) is 6.29 Å². The van der Waals surface area contributed by atoms with Gasteiger partial charge in [0.1, 0.15) is 6.29 Å². The Bertz CT molecular complexity index is 187. The molecule has 4 heteroatoms. The minimum absolute atomic E-state index is 0.208. The van der Waals surface area contributed by atoms with Crippen molar-refractivity contribution in [3.8, 4) is 0 Å². The lowest BCUT2D eigenvalue weighted by molar-refractivity contribution is -0.141. The molecule has 0 aromatic carbocycles. The first-order chi connectivity index (χ1) is 6.24. The van der Waals surface area contributed by atoms with Crippen LogP contribution in [0.25, 0.3) is 0 Å². The van der Waals surface area contributed by atoms with E-state index in [1.54, 1.807) is 0 Å². The van der Waals surface area contributed by atoms with Crippen molar-refractivity contribution in [2.75, 3.05) is 0 Å². The molecule has 0 aliphatic heterocycles. The van der Waals surface area contributed by atoms with Gasteiger partial charge in [0, 0.05) is 6.04 Å². The molecule has 4 nitrogen and oxygen atoms in total. The smallest absolute Gasteiger partial charge is 0.328 e. The second kappa shape index (κ2) is 4.97. The van der Waals surface area contributed by atoms with Crippen molar-refractivity contribution >= 4 is 12.3 Å². The van der Waals surface area contributed by atoms with Gasteiger partial charge in [0.2, 0.25) is 0 Å². The Labute approximate surface area is 77.3 Å². The van der Waals surface area contributed by atoms with Crippen molar-refractivity contribution in [3.63, 3.8) is 0 Å². The minimum atomic E-state index is -1.08. The number of carboxylic acids is 1. The fraction of sp³-hybridized carbons (Fsp3) is 0.778. The molecule has 1 aliphatic rings. The van der Waals surface area contributed by atoms with Gasteiger partial charge in [0.05, 0.1) is 0 Å². The monoisotopic (exact) mass is 185 g/mol. The molecule has 1 rings (SSSR count). The van der Waals surface area contributed by atoms with Crippen molar-refractivity contribution in [3.05, 3.63) is 0 Å². The lowest BCUT2D eigenvalue weighted by Gasteiger charge is -2.24. The average molecular weight is 185 g/mol. The molecule has 0 amide bonds. The quantitative estimate of drug-likeness (QED) is 0.496. The second-order valence-electron chi connectivity index (χ2n) is 3.45. The minimum Gasteiger partial charge on any atom is -0.480 e. The van der Waals surface area contributed by atoms with Gasteiger partial charge in [0.25, 0.3) is 0 Å². The Morgan fingerprint density at radius 1 is 1.38 bits per heavy atom. The molecular weight excluding hydrogens is 170 g/mol. The van der Waals surface area contributed by atoms with Crippen LogP contribution in [-0.2, 0) is 9.59 Å². The molecule has 0 spiro atoms. The Balaban J connectivity index is 2.35. The summed E-state index contributed by atoms with van der Waals surface area (Å²) in [5.41, 5.74) is 0. The van der Waals surface area contributed by atoms with E-state index in [1.165, 1.54) is 6.42 Å². The highest BCUT2D eigenvalue weighted by molar-refractivity contribution is 5.90. The maximum Gasteiger partial charge on any atom is 0.328 e. The summed E-state index contributed by atoms with van der Waals surface area (Å²) in [4.78, 5) is 20.9. The van der Waals surface area contributed by atoms with Crippen LogP contribution in [0.15, 0.2) is 0 Å². The molecule has 0 radical (unpaired) electrons. The molecule has 74 valence electrons. The van der Waals surface area contributed by atoms with E-state index in [2.05, 4.69) is 5.32 Å². The van der Waals surface area contributed by atoms with Gasteiger partial charge in [-0.3, -0.25) is 10.1 Å². The van der Waals surface area contributed by atoms with Crippen LogP contribution in [0.5, 0.6) is 0 Å². The molecule has 0 aromatic heterocycles. The molecule has 2 N–H and O–H groups in total. The average Bonchev–Trinajstić information content (AvgIpc) is 2.15. The van der Waals surface area contributed by atoms with Crippen LogP contribution in [0.1, 0.15) is 32.1 Å². The molecule has 0 unspecified atom stereocenters. The van der Waals surface area contributed by atoms with Crippen molar-refractivity contribution in [2.45, 2.75) is 44.2 Å². The third-order valence-electron chi connectivity index (χ3n) is 2.42. The maximum atomic E-state index is 10.5. The number of carbonyl (C=O) groups is 2. The summed E-state index contributed by atoms with van der Waals surface area (Å²) < 4.78 is 0. The first-order valence-electron chi connectivity index (χ1n) is 4.68.